The fourth-order valence-corrected chi connectivity index (χ4v) is 1.91. The fourth-order valence-electron chi connectivity index (χ4n) is 1.75. The topological polar surface area (TPSA) is 77.2 Å². The number of nitrogens with one attached hydrogen (secondary N) is 1. The number of hydrogen-bond donors (Lipinski definition) is 2. The van der Waals surface area contributed by atoms with E-state index >= 15 is 0 Å². The molecule has 92 valence electrons. The zero-order valence-corrected chi connectivity index (χ0v) is 9.98. The molecule has 2 rings (SSSR count). The van der Waals surface area contributed by atoms with Gasteiger partial charge < -0.3 is 15.8 Å². The van der Waals surface area contributed by atoms with Crippen LogP contribution < -0.4 is 11.1 Å². The third-order valence-electron chi connectivity index (χ3n) is 2.64. The third-order valence-corrected chi connectivity index (χ3v) is 2.87. The summed E-state index contributed by atoms with van der Waals surface area (Å²) in [6.45, 7) is 0.444. The predicted molar refractivity (Wildman–Crippen MR) is 64.8 cm³/mol. The van der Waals surface area contributed by atoms with Crippen LogP contribution in [0.2, 0.25) is 5.02 Å². The number of aromatic nitrogens is 1. The highest BCUT2D eigenvalue weighted by molar-refractivity contribution is 6.30. The molecule has 1 amide bonds. The molecule has 6 heteroatoms. The van der Waals surface area contributed by atoms with Gasteiger partial charge >= 0.3 is 0 Å². The van der Waals surface area contributed by atoms with Crippen LogP contribution >= 0.6 is 11.6 Å². The number of hydrogen-bond acceptors (Lipinski definition) is 4. The summed E-state index contributed by atoms with van der Waals surface area (Å²) < 4.78 is 5.48. The Morgan fingerprint density at radius 1 is 1.65 bits per heavy atom. The normalized spacial score (nSPS) is 23.6. The number of pyridine rings is 1. The maximum atomic E-state index is 11.8. The Bertz CT molecular complexity index is 413. The van der Waals surface area contributed by atoms with Crippen molar-refractivity contribution in [1.29, 1.82) is 0 Å². The molecule has 1 aromatic heterocycles. The summed E-state index contributed by atoms with van der Waals surface area (Å²) in [7, 11) is 0. The second-order valence-corrected chi connectivity index (χ2v) is 4.34. The van der Waals surface area contributed by atoms with Crippen LogP contribution in [0.15, 0.2) is 18.3 Å². The molecule has 5 nitrogen and oxygen atoms in total. The molecular weight excluding hydrogens is 242 g/mol. The fraction of sp³-hybridized carbons (Fsp3) is 0.455. The maximum Gasteiger partial charge on any atom is 0.254 e. The molecule has 2 heterocycles. The van der Waals surface area contributed by atoms with E-state index in [1.807, 2.05) is 0 Å². The molecule has 1 aliphatic rings. The Labute approximate surface area is 104 Å². The van der Waals surface area contributed by atoms with Crippen molar-refractivity contribution in [2.75, 3.05) is 11.9 Å². The highest BCUT2D eigenvalue weighted by Crippen LogP contribution is 2.20. The summed E-state index contributed by atoms with van der Waals surface area (Å²) in [5.74, 6) is 0.234. The van der Waals surface area contributed by atoms with Crippen molar-refractivity contribution in [2.24, 2.45) is 5.73 Å². The van der Waals surface area contributed by atoms with E-state index in [4.69, 9.17) is 22.1 Å². The molecule has 0 bridgehead atoms. The average Bonchev–Trinajstić information content (AvgIpc) is 2.77. The number of nitrogens with zero attached hydrogens (tertiary/aromatic N) is 1. The van der Waals surface area contributed by atoms with Gasteiger partial charge in [0.05, 0.1) is 6.10 Å². The summed E-state index contributed by atoms with van der Waals surface area (Å²) in [6, 6.07) is 3.24. The lowest BCUT2D eigenvalue weighted by Crippen LogP contribution is -2.30. The first-order valence-electron chi connectivity index (χ1n) is 5.47. The molecule has 0 aliphatic carbocycles. The summed E-state index contributed by atoms with van der Waals surface area (Å²) in [6.07, 6.45) is 2.59. The van der Waals surface area contributed by atoms with Crippen molar-refractivity contribution in [2.45, 2.75) is 25.0 Å². The minimum atomic E-state index is -0.440. The number of carbonyl (C=O) groups excluding carboxylic acids is 1. The van der Waals surface area contributed by atoms with Crippen molar-refractivity contribution in [3.63, 3.8) is 0 Å². The van der Waals surface area contributed by atoms with Crippen molar-refractivity contribution in [3.8, 4) is 0 Å². The monoisotopic (exact) mass is 255 g/mol. The van der Waals surface area contributed by atoms with Gasteiger partial charge in [-0.15, -0.1) is 0 Å². The van der Waals surface area contributed by atoms with Crippen LogP contribution in [0, 0.1) is 0 Å². The van der Waals surface area contributed by atoms with Gasteiger partial charge in [0.25, 0.3) is 5.91 Å². The first kappa shape index (κ1) is 12.3. The lowest BCUT2D eigenvalue weighted by Gasteiger charge is -2.12. The number of nitrogens with two attached hydrogens (primary N) is 1. The van der Waals surface area contributed by atoms with Crippen LogP contribution in [-0.4, -0.2) is 29.6 Å². The van der Waals surface area contributed by atoms with E-state index in [-0.39, 0.29) is 12.0 Å². The van der Waals surface area contributed by atoms with Gasteiger partial charge in [-0.25, -0.2) is 4.98 Å². The van der Waals surface area contributed by atoms with Crippen LogP contribution in [0.4, 0.5) is 5.82 Å². The maximum absolute atomic E-state index is 11.8. The highest BCUT2D eigenvalue weighted by atomic mass is 35.5. The standard InChI is InChI=1S/C11H14ClN3O2/c12-7-3-4-14-10(5-7)15-11(16)9-2-1-8(6-13)17-9/h3-5,8-9H,1-2,6,13H2,(H,14,15,16). The molecular formula is C11H14ClN3O2. The number of anilines is 1. The minimum Gasteiger partial charge on any atom is -0.364 e. The van der Waals surface area contributed by atoms with Crippen LogP contribution in [0.1, 0.15) is 12.8 Å². The van der Waals surface area contributed by atoms with Crippen molar-refractivity contribution < 1.29 is 9.53 Å². The van der Waals surface area contributed by atoms with Gasteiger partial charge in [0, 0.05) is 17.8 Å². The Morgan fingerprint density at radius 3 is 3.12 bits per heavy atom. The van der Waals surface area contributed by atoms with Crippen LogP contribution in [0.25, 0.3) is 0 Å². The molecule has 2 atom stereocenters. The van der Waals surface area contributed by atoms with E-state index in [1.54, 1.807) is 12.1 Å². The van der Waals surface area contributed by atoms with Gasteiger partial charge in [-0.3, -0.25) is 4.79 Å². The minimum absolute atomic E-state index is 0.0157. The molecule has 0 aromatic carbocycles. The number of rotatable bonds is 3. The Kier molecular flexibility index (Phi) is 3.93. The molecule has 1 aliphatic heterocycles. The molecule has 0 saturated carbocycles. The van der Waals surface area contributed by atoms with E-state index in [0.717, 1.165) is 6.42 Å². The number of amides is 1. The summed E-state index contributed by atoms with van der Waals surface area (Å²) in [4.78, 5) is 15.8. The smallest absolute Gasteiger partial charge is 0.254 e. The molecule has 17 heavy (non-hydrogen) atoms. The molecule has 1 fully saturated rings. The summed E-state index contributed by atoms with van der Waals surface area (Å²) >= 11 is 5.79. The number of halogens is 1. The first-order valence-corrected chi connectivity index (χ1v) is 5.85. The molecule has 0 spiro atoms. The van der Waals surface area contributed by atoms with E-state index in [1.165, 1.54) is 6.20 Å². The molecule has 3 N–H and O–H groups in total. The van der Waals surface area contributed by atoms with Gasteiger partial charge in [0.15, 0.2) is 0 Å². The average molecular weight is 256 g/mol. The SMILES string of the molecule is NCC1CCC(C(=O)Nc2cc(Cl)ccn2)O1. The highest BCUT2D eigenvalue weighted by Gasteiger charge is 2.29. The van der Waals surface area contributed by atoms with Crippen molar-refractivity contribution >= 4 is 23.3 Å². The van der Waals surface area contributed by atoms with E-state index < -0.39 is 6.10 Å². The van der Waals surface area contributed by atoms with Gasteiger partial charge in [-0.05, 0) is 25.0 Å². The molecule has 0 radical (unpaired) electrons. The van der Waals surface area contributed by atoms with Crippen molar-refractivity contribution in [1.82, 2.24) is 4.98 Å². The van der Waals surface area contributed by atoms with E-state index in [0.29, 0.717) is 23.8 Å². The largest absolute Gasteiger partial charge is 0.364 e. The van der Waals surface area contributed by atoms with Gasteiger partial charge in [0.2, 0.25) is 0 Å². The Balaban J connectivity index is 1.93. The van der Waals surface area contributed by atoms with Gasteiger partial charge in [-0.2, -0.15) is 0 Å². The predicted octanol–water partition coefficient (Wildman–Crippen LogP) is 1.18. The molecule has 1 aromatic rings. The van der Waals surface area contributed by atoms with Crippen LogP contribution in [0.3, 0.4) is 0 Å². The summed E-state index contributed by atoms with van der Waals surface area (Å²) in [5.41, 5.74) is 5.48. The van der Waals surface area contributed by atoms with Gasteiger partial charge in [-0.1, -0.05) is 11.6 Å². The second kappa shape index (κ2) is 5.44. The Morgan fingerprint density at radius 2 is 2.47 bits per heavy atom. The molecule has 2 unspecified atom stereocenters. The zero-order chi connectivity index (χ0) is 12.3. The lowest BCUT2D eigenvalue weighted by molar-refractivity contribution is -0.126. The van der Waals surface area contributed by atoms with Crippen molar-refractivity contribution in [3.05, 3.63) is 23.4 Å². The molecule has 1 saturated heterocycles. The Hall–Kier alpha value is -1.17. The quantitative estimate of drug-likeness (QED) is 0.850. The summed E-state index contributed by atoms with van der Waals surface area (Å²) in [5, 5.41) is 3.20. The van der Waals surface area contributed by atoms with E-state index in [2.05, 4.69) is 10.3 Å². The van der Waals surface area contributed by atoms with Gasteiger partial charge in [0.1, 0.15) is 11.9 Å². The third kappa shape index (κ3) is 3.15. The van der Waals surface area contributed by atoms with E-state index in [9.17, 15) is 4.79 Å². The zero-order valence-electron chi connectivity index (χ0n) is 9.23. The number of carbonyl (C=O) groups is 1. The van der Waals surface area contributed by atoms with Crippen LogP contribution in [-0.2, 0) is 9.53 Å². The van der Waals surface area contributed by atoms with Crippen LogP contribution in [0.5, 0.6) is 0 Å². The second-order valence-electron chi connectivity index (χ2n) is 3.91. The lowest BCUT2D eigenvalue weighted by atomic mass is 10.2. The first-order chi connectivity index (χ1) is 8.19. The number of ether oxygens (including phenoxy) is 1.